The summed E-state index contributed by atoms with van der Waals surface area (Å²) in [5, 5.41) is 0. The Bertz CT molecular complexity index is 542. The van der Waals surface area contributed by atoms with Crippen LogP contribution in [0.3, 0.4) is 0 Å². The van der Waals surface area contributed by atoms with Gasteiger partial charge in [-0.15, -0.1) is 0 Å². The molecule has 3 nitrogen and oxygen atoms in total. The van der Waals surface area contributed by atoms with Crippen LogP contribution in [0, 0.1) is 7.05 Å². The summed E-state index contributed by atoms with van der Waals surface area (Å²) >= 11 is 0. The monoisotopic (exact) mass is 249 g/mol. The molecule has 17 heavy (non-hydrogen) atoms. The molecule has 0 unspecified atom stereocenters. The summed E-state index contributed by atoms with van der Waals surface area (Å²) in [6.07, 6.45) is 1.23. The maximum atomic E-state index is 12.4. The van der Waals surface area contributed by atoms with Crippen molar-refractivity contribution in [3.05, 3.63) is 42.4 Å². The van der Waals surface area contributed by atoms with Crippen LogP contribution in [0.2, 0.25) is 0 Å². The fourth-order valence-electron chi connectivity index (χ4n) is 3.07. The van der Waals surface area contributed by atoms with Crippen molar-refractivity contribution in [2.75, 3.05) is 13.1 Å². The van der Waals surface area contributed by atoms with Gasteiger partial charge in [-0.05, 0) is 24.0 Å². The maximum Gasteiger partial charge on any atom is 0.164 e. The van der Waals surface area contributed by atoms with E-state index < -0.39 is 14.6 Å². The van der Waals surface area contributed by atoms with Crippen LogP contribution in [0.1, 0.15) is 24.0 Å². The van der Waals surface area contributed by atoms with Gasteiger partial charge in [-0.2, -0.15) is 0 Å². The van der Waals surface area contributed by atoms with E-state index in [2.05, 4.69) is 0 Å². The standard InChI is InChI=1S/C13H15NO2S/c1-14-8-6-13(7-9-14)12-5-3-2-4-11(12)10-17(13,15)16/h1-5H,6-10H2. The molecule has 0 amide bonds. The van der Waals surface area contributed by atoms with Crippen LogP contribution in [0.5, 0.6) is 0 Å². The Morgan fingerprint density at radius 3 is 2.53 bits per heavy atom. The van der Waals surface area contributed by atoms with Crippen LogP contribution >= 0.6 is 0 Å². The van der Waals surface area contributed by atoms with Gasteiger partial charge in [0.1, 0.15) is 4.75 Å². The van der Waals surface area contributed by atoms with Crippen molar-refractivity contribution in [3.8, 4) is 0 Å². The first kappa shape index (κ1) is 11.2. The molecule has 3 rings (SSSR count). The summed E-state index contributed by atoms with van der Waals surface area (Å²) in [7, 11) is 2.66. The Labute approximate surface area is 102 Å². The number of benzene rings is 1. The minimum absolute atomic E-state index is 0.188. The third kappa shape index (κ3) is 1.47. The second-order valence-electron chi connectivity index (χ2n) is 4.95. The van der Waals surface area contributed by atoms with Crippen molar-refractivity contribution in [2.24, 2.45) is 0 Å². The number of sulfone groups is 1. The second-order valence-corrected chi connectivity index (χ2v) is 7.25. The van der Waals surface area contributed by atoms with Gasteiger partial charge in [0.15, 0.2) is 9.84 Å². The SMILES string of the molecule is [CH]N1CCC2(CC1)c1ccccc1CS2(=O)=O. The van der Waals surface area contributed by atoms with Crippen LogP contribution in [0.25, 0.3) is 0 Å². The van der Waals surface area contributed by atoms with E-state index in [4.69, 9.17) is 7.05 Å². The van der Waals surface area contributed by atoms with E-state index in [9.17, 15) is 8.42 Å². The summed E-state index contributed by atoms with van der Waals surface area (Å²) in [6.45, 7) is 1.29. The zero-order valence-corrected chi connectivity index (χ0v) is 10.4. The van der Waals surface area contributed by atoms with E-state index >= 15 is 0 Å². The second kappa shape index (κ2) is 3.56. The molecule has 4 heteroatoms. The molecule has 1 aromatic rings. The lowest BCUT2D eigenvalue weighted by Gasteiger charge is -2.37. The van der Waals surface area contributed by atoms with Gasteiger partial charge in [-0.3, -0.25) is 4.90 Å². The van der Waals surface area contributed by atoms with E-state index in [1.165, 1.54) is 0 Å². The number of nitrogens with zero attached hydrogens (tertiary/aromatic N) is 1. The van der Waals surface area contributed by atoms with Gasteiger partial charge >= 0.3 is 0 Å². The number of rotatable bonds is 0. The highest BCUT2D eigenvalue weighted by molar-refractivity contribution is 7.92. The molecule has 0 saturated carbocycles. The average Bonchev–Trinajstić information content (AvgIpc) is 2.51. The normalized spacial score (nSPS) is 25.9. The minimum atomic E-state index is -3.07. The van der Waals surface area contributed by atoms with E-state index in [1.807, 2.05) is 24.3 Å². The first-order valence-electron chi connectivity index (χ1n) is 5.85. The highest BCUT2D eigenvalue weighted by Crippen LogP contribution is 2.48. The third-order valence-electron chi connectivity index (χ3n) is 4.05. The van der Waals surface area contributed by atoms with Gasteiger partial charge < -0.3 is 0 Å². The molecule has 2 aliphatic rings. The smallest absolute Gasteiger partial charge is 0.164 e. The topological polar surface area (TPSA) is 37.4 Å². The molecule has 1 fully saturated rings. The molecule has 1 saturated heterocycles. The molecule has 0 aliphatic carbocycles. The lowest BCUT2D eigenvalue weighted by molar-refractivity contribution is 0.256. The highest BCUT2D eigenvalue weighted by Gasteiger charge is 2.52. The predicted octanol–water partition coefficient (Wildman–Crippen LogP) is 1.57. The molecule has 2 aliphatic heterocycles. The van der Waals surface area contributed by atoms with Crippen molar-refractivity contribution in [3.63, 3.8) is 0 Å². The van der Waals surface area contributed by atoms with Crippen LogP contribution in [-0.4, -0.2) is 26.4 Å². The van der Waals surface area contributed by atoms with E-state index in [0.29, 0.717) is 25.9 Å². The van der Waals surface area contributed by atoms with Crippen LogP contribution < -0.4 is 0 Å². The van der Waals surface area contributed by atoms with Gasteiger partial charge in [-0.1, -0.05) is 24.3 Å². The number of fused-ring (bicyclic) bond motifs is 2. The van der Waals surface area contributed by atoms with E-state index in [0.717, 1.165) is 11.1 Å². The first-order valence-corrected chi connectivity index (χ1v) is 7.51. The molecule has 1 spiro atoms. The zero-order valence-electron chi connectivity index (χ0n) is 9.59. The number of likely N-dealkylation sites (tertiary alicyclic amines) is 1. The summed E-state index contributed by atoms with van der Waals surface area (Å²) < 4.78 is 24.2. The Morgan fingerprint density at radius 2 is 1.82 bits per heavy atom. The number of piperidine rings is 1. The molecule has 0 bridgehead atoms. The molecule has 2 heterocycles. The molecule has 0 atom stereocenters. The maximum absolute atomic E-state index is 12.4. The van der Waals surface area contributed by atoms with Crippen molar-refractivity contribution in [1.29, 1.82) is 0 Å². The summed E-state index contributed by atoms with van der Waals surface area (Å²) in [5.41, 5.74) is 1.98. The molecular weight excluding hydrogens is 234 g/mol. The van der Waals surface area contributed by atoms with Crippen molar-refractivity contribution in [1.82, 2.24) is 4.90 Å². The third-order valence-corrected chi connectivity index (χ3v) is 6.56. The Balaban J connectivity index is 2.14. The zero-order chi connectivity index (χ0) is 12.1. The highest BCUT2D eigenvalue weighted by atomic mass is 32.2. The number of hydrogen-bond acceptors (Lipinski definition) is 3. The van der Waals surface area contributed by atoms with E-state index in [1.54, 1.807) is 4.90 Å². The molecular formula is C13H15NO2S. The van der Waals surface area contributed by atoms with Crippen LogP contribution in [-0.2, 0) is 20.3 Å². The van der Waals surface area contributed by atoms with Gasteiger partial charge in [0.25, 0.3) is 0 Å². The molecule has 2 radical (unpaired) electrons. The summed E-state index contributed by atoms with van der Waals surface area (Å²) in [5.74, 6) is 0.188. The Morgan fingerprint density at radius 1 is 1.18 bits per heavy atom. The predicted molar refractivity (Wildman–Crippen MR) is 65.9 cm³/mol. The van der Waals surface area contributed by atoms with Gasteiger partial charge in [0.2, 0.25) is 0 Å². The Hall–Kier alpha value is -0.870. The average molecular weight is 249 g/mol. The molecule has 90 valence electrons. The van der Waals surface area contributed by atoms with Gasteiger partial charge in [-0.25, -0.2) is 8.42 Å². The lowest BCUT2D eigenvalue weighted by atomic mass is 9.86. The summed E-state index contributed by atoms with van der Waals surface area (Å²) in [6, 6.07) is 7.73. The Kier molecular flexibility index (Phi) is 2.35. The fourth-order valence-corrected chi connectivity index (χ4v) is 5.34. The molecule has 1 aromatic carbocycles. The first-order chi connectivity index (χ1) is 8.05. The van der Waals surface area contributed by atoms with Crippen molar-refractivity contribution < 1.29 is 8.42 Å². The van der Waals surface area contributed by atoms with Crippen molar-refractivity contribution in [2.45, 2.75) is 23.3 Å². The largest absolute Gasteiger partial charge is 0.297 e. The van der Waals surface area contributed by atoms with Crippen LogP contribution in [0.15, 0.2) is 24.3 Å². The summed E-state index contributed by atoms with van der Waals surface area (Å²) in [4.78, 5) is 1.71. The van der Waals surface area contributed by atoms with E-state index in [-0.39, 0.29) is 5.75 Å². The molecule has 0 aromatic heterocycles. The minimum Gasteiger partial charge on any atom is -0.297 e. The quantitative estimate of drug-likeness (QED) is 0.700. The van der Waals surface area contributed by atoms with Gasteiger partial charge in [0, 0.05) is 20.1 Å². The lowest BCUT2D eigenvalue weighted by Crippen LogP contribution is -2.43. The number of hydrogen-bond donors (Lipinski definition) is 0. The van der Waals surface area contributed by atoms with Gasteiger partial charge in [0.05, 0.1) is 5.75 Å². The molecule has 0 N–H and O–H groups in total. The van der Waals surface area contributed by atoms with Crippen LogP contribution in [0.4, 0.5) is 0 Å². The fraction of sp³-hybridized carbons (Fsp3) is 0.462. The van der Waals surface area contributed by atoms with Crippen molar-refractivity contribution >= 4 is 9.84 Å².